The maximum Gasteiger partial charge on any atom is 0.165 e. The van der Waals surface area contributed by atoms with E-state index < -0.39 is 0 Å². The molecule has 5 heteroatoms. The lowest BCUT2D eigenvalue weighted by Gasteiger charge is -2.66. The van der Waals surface area contributed by atoms with Crippen LogP contribution < -0.4 is 10.1 Å². The number of fused-ring (bicyclic) bond motifs is 3. The van der Waals surface area contributed by atoms with Gasteiger partial charge in [-0.15, -0.1) is 0 Å². The lowest BCUT2D eigenvalue weighted by Crippen LogP contribution is -2.73. The molecule has 5 heterocycles. The quantitative estimate of drug-likeness (QED) is 0.805. The van der Waals surface area contributed by atoms with Crippen molar-refractivity contribution in [3.05, 3.63) is 23.3 Å². The van der Waals surface area contributed by atoms with Crippen molar-refractivity contribution >= 4 is 0 Å². The zero-order chi connectivity index (χ0) is 19.7. The van der Waals surface area contributed by atoms with Crippen molar-refractivity contribution in [1.29, 1.82) is 0 Å². The Morgan fingerprint density at radius 1 is 1.10 bits per heavy atom. The van der Waals surface area contributed by atoms with Crippen LogP contribution in [0.4, 0.5) is 0 Å². The molecule has 0 amide bonds. The largest absolute Gasteiger partial charge is 0.504 e. The Labute approximate surface area is 178 Å². The van der Waals surface area contributed by atoms with Gasteiger partial charge in [-0.2, -0.15) is 0 Å². The topological polar surface area (TPSA) is 48.0 Å². The molecule has 0 aromatic heterocycles. The molecule has 0 unspecified atom stereocenters. The Kier molecular flexibility index (Phi) is 3.19. The number of ether oxygens (including phenoxy) is 1. The highest BCUT2D eigenvalue weighted by molar-refractivity contribution is 5.62. The average molecular weight is 408 g/mol. The van der Waals surface area contributed by atoms with E-state index in [-0.39, 0.29) is 11.5 Å². The summed E-state index contributed by atoms with van der Waals surface area (Å²) < 4.78 is 6.87. The summed E-state index contributed by atoms with van der Waals surface area (Å²) in [7, 11) is 0. The van der Waals surface area contributed by atoms with Crippen LogP contribution in [0.25, 0.3) is 0 Å². The van der Waals surface area contributed by atoms with Crippen LogP contribution in [0.3, 0.4) is 0 Å². The fourth-order valence-electron chi connectivity index (χ4n) is 8.98. The molecule has 1 aromatic carbocycles. The van der Waals surface area contributed by atoms with Gasteiger partial charge in [0.1, 0.15) is 6.10 Å². The van der Waals surface area contributed by atoms with Gasteiger partial charge in [0.15, 0.2) is 11.5 Å². The lowest BCUT2D eigenvalue weighted by molar-refractivity contribution is -0.132. The van der Waals surface area contributed by atoms with Gasteiger partial charge < -0.3 is 15.2 Å². The van der Waals surface area contributed by atoms with Crippen LogP contribution in [0.2, 0.25) is 0 Å². The Morgan fingerprint density at radius 2 is 2.00 bits per heavy atom. The van der Waals surface area contributed by atoms with E-state index in [0.29, 0.717) is 29.3 Å². The van der Waals surface area contributed by atoms with E-state index in [9.17, 15) is 5.11 Å². The standard InChI is InChI=1S/C25H33N3O2/c29-19-4-3-16-11-20-24-6-5-18(28(10-7-24)17-12-26-13-17)23-25(24,21(16)22(19)30-23)8-9-27(20)14-15-1-2-15/h3-4,15,17-18,20,23,26,29H,1-2,5-14H2/t18-,20+,23+,24-,25+/m1/s1. The van der Waals surface area contributed by atoms with Crippen LogP contribution in [0, 0.1) is 11.3 Å². The van der Waals surface area contributed by atoms with Crippen molar-refractivity contribution in [2.45, 2.75) is 74.6 Å². The van der Waals surface area contributed by atoms with Gasteiger partial charge in [-0.25, -0.2) is 0 Å². The summed E-state index contributed by atoms with van der Waals surface area (Å²) >= 11 is 0. The first-order valence-electron chi connectivity index (χ1n) is 12.4. The molecule has 1 aromatic rings. The summed E-state index contributed by atoms with van der Waals surface area (Å²) in [6.45, 7) is 6.02. The third-order valence-electron chi connectivity index (χ3n) is 10.5. The molecule has 30 heavy (non-hydrogen) atoms. The van der Waals surface area contributed by atoms with Gasteiger partial charge in [-0.3, -0.25) is 9.80 Å². The monoisotopic (exact) mass is 407 g/mol. The van der Waals surface area contributed by atoms with Gasteiger partial charge in [-0.05, 0) is 75.6 Å². The predicted molar refractivity (Wildman–Crippen MR) is 114 cm³/mol. The fraction of sp³-hybridized carbons (Fsp3) is 0.760. The molecule has 5 atom stereocenters. The molecule has 2 spiro atoms. The minimum absolute atomic E-state index is 0.119. The summed E-state index contributed by atoms with van der Waals surface area (Å²) in [5.41, 5.74) is 3.35. The molecule has 4 saturated heterocycles. The van der Waals surface area contributed by atoms with E-state index in [2.05, 4.69) is 21.2 Å². The van der Waals surface area contributed by atoms with Crippen LogP contribution in [0.5, 0.6) is 11.5 Å². The summed E-state index contributed by atoms with van der Waals surface area (Å²) in [6.07, 6.45) is 9.39. The van der Waals surface area contributed by atoms with Gasteiger partial charge in [0, 0.05) is 54.2 Å². The van der Waals surface area contributed by atoms with E-state index in [1.54, 1.807) is 0 Å². The molecule has 3 aliphatic carbocycles. The smallest absolute Gasteiger partial charge is 0.165 e. The van der Waals surface area contributed by atoms with Crippen molar-refractivity contribution < 1.29 is 9.84 Å². The van der Waals surface area contributed by atoms with Crippen LogP contribution >= 0.6 is 0 Å². The molecule has 160 valence electrons. The number of aromatic hydroxyl groups is 1. The summed E-state index contributed by atoms with van der Waals surface area (Å²) in [4.78, 5) is 5.74. The first kappa shape index (κ1) is 17.3. The van der Waals surface area contributed by atoms with Gasteiger partial charge in [0.2, 0.25) is 0 Å². The number of nitrogens with zero attached hydrogens (tertiary/aromatic N) is 2. The number of phenols is 1. The van der Waals surface area contributed by atoms with Crippen molar-refractivity contribution in [2.75, 3.05) is 32.7 Å². The molecule has 6 fully saturated rings. The third-order valence-corrected chi connectivity index (χ3v) is 10.5. The van der Waals surface area contributed by atoms with Crippen LogP contribution in [-0.4, -0.2) is 71.9 Å². The first-order chi connectivity index (χ1) is 14.7. The Balaban J connectivity index is 1.34. The summed E-state index contributed by atoms with van der Waals surface area (Å²) in [6, 6.07) is 5.96. The van der Waals surface area contributed by atoms with E-state index in [1.807, 2.05) is 6.07 Å². The second kappa shape index (κ2) is 5.54. The number of phenolic OH excluding ortho intramolecular Hbond substituents is 1. The minimum Gasteiger partial charge on any atom is -0.504 e. The molecule has 2 N–H and O–H groups in total. The zero-order valence-electron chi connectivity index (χ0n) is 17.8. The molecule has 2 saturated carbocycles. The number of benzene rings is 1. The van der Waals surface area contributed by atoms with E-state index in [0.717, 1.165) is 31.2 Å². The van der Waals surface area contributed by atoms with Gasteiger partial charge in [-0.1, -0.05) is 6.07 Å². The van der Waals surface area contributed by atoms with E-state index in [4.69, 9.17) is 4.74 Å². The summed E-state index contributed by atoms with van der Waals surface area (Å²) in [5, 5.41) is 14.3. The highest BCUT2D eigenvalue weighted by Crippen LogP contribution is 2.71. The van der Waals surface area contributed by atoms with Gasteiger partial charge >= 0.3 is 0 Å². The van der Waals surface area contributed by atoms with Gasteiger partial charge in [0.25, 0.3) is 0 Å². The zero-order valence-corrected chi connectivity index (χ0v) is 17.8. The Bertz CT molecular complexity index is 927. The highest BCUT2D eigenvalue weighted by Gasteiger charge is 2.74. The van der Waals surface area contributed by atoms with Crippen molar-refractivity contribution in [2.24, 2.45) is 11.3 Å². The van der Waals surface area contributed by atoms with Crippen LogP contribution in [-0.2, 0) is 11.8 Å². The molecular formula is C25H33N3O2. The SMILES string of the molecule is Oc1ccc2c3c1O[C@H]1[C@H]4CC[C@@]5(CCN4C4CNC4)[C@H](C2)N(CC2CC2)CC[C@]315. The Morgan fingerprint density at radius 3 is 2.80 bits per heavy atom. The van der Waals surface area contributed by atoms with Crippen molar-refractivity contribution in [3.63, 3.8) is 0 Å². The first-order valence-corrected chi connectivity index (χ1v) is 12.4. The molecule has 9 rings (SSSR count). The van der Waals surface area contributed by atoms with Crippen molar-refractivity contribution in [3.8, 4) is 11.5 Å². The fourth-order valence-corrected chi connectivity index (χ4v) is 8.98. The second-order valence-electron chi connectivity index (χ2n) is 11.4. The predicted octanol–water partition coefficient (Wildman–Crippen LogP) is 2.26. The van der Waals surface area contributed by atoms with Gasteiger partial charge in [0.05, 0.1) is 0 Å². The van der Waals surface area contributed by atoms with Crippen LogP contribution in [0.15, 0.2) is 12.1 Å². The molecule has 4 bridgehead atoms. The maximum absolute atomic E-state index is 10.8. The average Bonchev–Trinajstić information content (AvgIpc) is 3.49. The van der Waals surface area contributed by atoms with Crippen molar-refractivity contribution in [1.82, 2.24) is 15.1 Å². The normalized spacial score (nSPS) is 44.3. The molecule has 8 aliphatic rings. The minimum atomic E-state index is 0.119. The Hall–Kier alpha value is -1.30. The molecular weight excluding hydrogens is 374 g/mol. The number of piperidine rings is 1. The van der Waals surface area contributed by atoms with E-state index >= 15 is 0 Å². The van der Waals surface area contributed by atoms with E-state index in [1.165, 1.54) is 69.3 Å². The molecule has 5 nitrogen and oxygen atoms in total. The maximum atomic E-state index is 10.8. The molecule has 5 aliphatic heterocycles. The highest BCUT2D eigenvalue weighted by atomic mass is 16.5. The lowest BCUT2D eigenvalue weighted by atomic mass is 9.42. The number of hydrogen-bond donors (Lipinski definition) is 2. The number of nitrogens with one attached hydrogen (secondary N) is 1. The summed E-state index contributed by atoms with van der Waals surface area (Å²) in [5.74, 6) is 2.18. The second-order valence-corrected chi connectivity index (χ2v) is 11.4. The number of rotatable bonds is 3. The molecule has 0 radical (unpaired) electrons. The number of hydrogen-bond acceptors (Lipinski definition) is 5. The van der Waals surface area contributed by atoms with Crippen LogP contribution in [0.1, 0.15) is 49.7 Å². The number of likely N-dealkylation sites (tertiary alicyclic amines) is 1. The third kappa shape index (κ3) is 1.85.